The first kappa shape index (κ1) is 13.9. The smallest absolute Gasteiger partial charge is 0.119 e. The molecule has 3 heteroatoms. The minimum absolute atomic E-state index is 0.856. The lowest BCUT2D eigenvalue weighted by atomic mass is 9.98. The van der Waals surface area contributed by atoms with E-state index in [2.05, 4.69) is 34.2 Å². The third kappa shape index (κ3) is 3.48. The second-order valence-electron chi connectivity index (χ2n) is 5.26. The van der Waals surface area contributed by atoms with Crippen LogP contribution < -0.4 is 10.1 Å². The molecule has 0 heterocycles. The van der Waals surface area contributed by atoms with Gasteiger partial charge in [0.1, 0.15) is 5.75 Å². The standard InChI is InChI=1S/C15H22BrNO/c1-11-4-3-5-12(11)9-17-10-13-8-14(18-2)6-7-15(13)16/h6-8,11-12,17H,3-5,9-10H2,1-2H3. The molecule has 1 aromatic carbocycles. The Labute approximate surface area is 118 Å². The Hall–Kier alpha value is -0.540. The van der Waals surface area contributed by atoms with E-state index in [1.165, 1.54) is 24.8 Å². The Bertz CT molecular complexity index is 394. The van der Waals surface area contributed by atoms with Crippen molar-refractivity contribution >= 4 is 15.9 Å². The number of benzene rings is 1. The Kier molecular flexibility index (Phi) is 5.07. The van der Waals surface area contributed by atoms with Crippen molar-refractivity contribution in [3.8, 4) is 5.75 Å². The first-order valence-electron chi connectivity index (χ1n) is 6.74. The number of halogens is 1. The van der Waals surface area contributed by atoms with Gasteiger partial charge < -0.3 is 10.1 Å². The van der Waals surface area contributed by atoms with Crippen LogP contribution in [-0.4, -0.2) is 13.7 Å². The Balaban J connectivity index is 1.86. The summed E-state index contributed by atoms with van der Waals surface area (Å²) in [4.78, 5) is 0. The van der Waals surface area contributed by atoms with Crippen LogP contribution in [0.3, 0.4) is 0 Å². The van der Waals surface area contributed by atoms with E-state index in [9.17, 15) is 0 Å². The Morgan fingerprint density at radius 1 is 1.39 bits per heavy atom. The van der Waals surface area contributed by atoms with Gasteiger partial charge in [-0.15, -0.1) is 0 Å². The first-order chi connectivity index (χ1) is 8.70. The SMILES string of the molecule is COc1ccc(Br)c(CNCC2CCCC2C)c1. The highest BCUT2D eigenvalue weighted by atomic mass is 79.9. The largest absolute Gasteiger partial charge is 0.497 e. The average Bonchev–Trinajstić information content (AvgIpc) is 2.77. The van der Waals surface area contributed by atoms with Gasteiger partial charge in [0.15, 0.2) is 0 Å². The first-order valence-corrected chi connectivity index (χ1v) is 7.53. The molecule has 2 atom stereocenters. The molecule has 1 fully saturated rings. The number of hydrogen-bond acceptors (Lipinski definition) is 2. The lowest BCUT2D eigenvalue weighted by molar-refractivity contribution is 0.391. The summed E-state index contributed by atoms with van der Waals surface area (Å²) in [5.74, 6) is 2.66. The second-order valence-corrected chi connectivity index (χ2v) is 6.11. The summed E-state index contributed by atoms with van der Waals surface area (Å²) in [6.45, 7) is 4.41. The van der Waals surface area contributed by atoms with E-state index in [1.807, 2.05) is 12.1 Å². The predicted molar refractivity (Wildman–Crippen MR) is 78.9 cm³/mol. The molecule has 2 nitrogen and oxygen atoms in total. The Morgan fingerprint density at radius 2 is 2.22 bits per heavy atom. The third-order valence-electron chi connectivity index (χ3n) is 4.01. The fourth-order valence-electron chi connectivity index (χ4n) is 2.73. The highest BCUT2D eigenvalue weighted by Crippen LogP contribution is 2.30. The van der Waals surface area contributed by atoms with Crippen molar-refractivity contribution in [3.63, 3.8) is 0 Å². The third-order valence-corrected chi connectivity index (χ3v) is 4.79. The molecule has 1 saturated carbocycles. The predicted octanol–water partition coefficient (Wildman–Crippen LogP) is 3.98. The number of nitrogens with one attached hydrogen (secondary N) is 1. The van der Waals surface area contributed by atoms with E-state index in [0.717, 1.165) is 35.1 Å². The van der Waals surface area contributed by atoms with E-state index in [0.29, 0.717) is 0 Å². The summed E-state index contributed by atoms with van der Waals surface area (Å²) in [5.41, 5.74) is 1.26. The number of ether oxygens (including phenoxy) is 1. The van der Waals surface area contributed by atoms with Crippen molar-refractivity contribution in [2.45, 2.75) is 32.7 Å². The summed E-state index contributed by atoms with van der Waals surface area (Å²) in [5, 5.41) is 3.58. The maximum absolute atomic E-state index is 5.26. The summed E-state index contributed by atoms with van der Waals surface area (Å²) in [7, 11) is 1.71. The molecular formula is C15H22BrNO. The summed E-state index contributed by atoms with van der Waals surface area (Å²) in [6, 6.07) is 6.12. The molecular weight excluding hydrogens is 290 g/mol. The highest BCUT2D eigenvalue weighted by Gasteiger charge is 2.22. The average molecular weight is 312 g/mol. The molecule has 1 aliphatic rings. The fourth-order valence-corrected chi connectivity index (χ4v) is 3.12. The van der Waals surface area contributed by atoms with Crippen LogP contribution in [0.15, 0.2) is 22.7 Å². The lowest BCUT2D eigenvalue weighted by Crippen LogP contribution is -2.24. The molecule has 0 aromatic heterocycles. The van der Waals surface area contributed by atoms with Crippen LogP contribution in [0.5, 0.6) is 5.75 Å². The number of rotatable bonds is 5. The van der Waals surface area contributed by atoms with Crippen LogP contribution in [-0.2, 0) is 6.54 Å². The van der Waals surface area contributed by atoms with Gasteiger partial charge in [-0.3, -0.25) is 0 Å². The van der Waals surface area contributed by atoms with Crippen molar-refractivity contribution in [2.75, 3.05) is 13.7 Å². The molecule has 0 radical (unpaired) electrons. The van der Waals surface area contributed by atoms with Crippen LogP contribution in [0.1, 0.15) is 31.7 Å². The number of hydrogen-bond donors (Lipinski definition) is 1. The molecule has 1 N–H and O–H groups in total. The summed E-state index contributed by atoms with van der Waals surface area (Å²) < 4.78 is 6.41. The molecule has 0 bridgehead atoms. The van der Waals surface area contributed by atoms with Crippen LogP contribution in [0.25, 0.3) is 0 Å². The maximum atomic E-state index is 5.26. The van der Waals surface area contributed by atoms with Gasteiger partial charge in [-0.25, -0.2) is 0 Å². The quantitative estimate of drug-likeness (QED) is 0.888. The van der Waals surface area contributed by atoms with Crippen molar-refractivity contribution < 1.29 is 4.74 Å². The van der Waals surface area contributed by atoms with Crippen LogP contribution in [0.2, 0.25) is 0 Å². The van der Waals surface area contributed by atoms with Gasteiger partial charge in [0.2, 0.25) is 0 Å². The van der Waals surface area contributed by atoms with Gasteiger partial charge in [0.05, 0.1) is 7.11 Å². The van der Waals surface area contributed by atoms with E-state index < -0.39 is 0 Å². The van der Waals surface area contributed by atoms with Crippen molar-refractivity contribution in [2.24, 2.45) is 11.8 Å². The van der Waals surface area contributed by atoms with Crippen LogP contribution in [0.4, 0.5) is 0 Å². The van der Waals surface area contributed by atoms with Gasteiger partial charge in [0, 0.05) is 11.0 Å². The number of methoxy groups -OCH3 is 1. The van der Waals surface area contributed by atoms with Crippen molar-refractivity contribution in [1.82, 2.24) is 5.32 Å². The topological polar surface area (TPSA) is 21.3 Å². The van der Waals surface area contributed by atoms with E-state index in [1.54, 1.807) is 7.11 Å². The Morgan fingerprint density at radius 3 is 2.89 bits per heavy atom. The zero-order chi connectivity index (χ0) is 13.0. The molecule has 100 valence electrons. The van der Waals surface area contributed by atoms with Gasteiger partial charge in [0.25, 0.3) is 0 Å². The van der Waals surface area contributed by atoms with Gasteiger partial charge in [-0.05, 0) is 48.6 Å². The molecule has 0 spiro atoms. The van der Waals surface area contributed by atoms with E-state index >= 15 is 0 Å². The van der Waals surface area contributed by atoms with Crippen molar-refractivity contribution in [1.29, 1.82) is 0 Å². The zero-order valence-electron chi connectivity index (χ0n) is 11.2. The maximum Gasteiger partial charge on any atom is 0.119 e. The highest BCUT2D eigenvalue weighted by molar-refractivity contribution is 9.10. The molecule has 2 unspecified atom stereocenters. The molecule has 2 rings (SSSR count). The molecule has 0 aliphatic heterocycles. The summed E-state index contributed by atoms with van der Waals surface area (Å²) in [6.07, 6.45) is 4.18. The molecule has 0 amide bonds. The fraction of sp³-hybridized carbons (Fsp3) is 0.600. The monoisotopic (exact) mass is 311 g/mol. The minimum Gasteiger partial charge on any atom is -0.497 e. The summed E-state index contributed by atoms with van der Waals surface area (Å²) >= 11 is 3.59. The molecule has 18 heavy (non-hydrogen) atoms. The van der Waals surface area contributed by atoms with E-state index in [4.69, 9.17) is 4.74 Å². The minimum atomic E-state index is 0.856. The second kappa shape index (κ2) is 6.58. The van der Waals surface area contributed by atoms with Gasteiger partial charge >= 0.3 is 0 Å². The van der Waals surface area contributed by atoms with Crippen molar-refractivity contribution in [3.05, 3.63) is 28.2 Å². The zero-order valence-corrected chi connectivity index (χ0v) is 12.8. The molecule has 1 aliphatic carbocycles. The van der Waals surface area contributed by atoms with Crippen LogP contribution >= 0.6 is 15.9 Å². The normalized spacial score (nSPS) is 23.3. The lowest BCUT2D eigenvalue weighted by Gasteiger charge is -2.16. The van der Waals surface area contributed by atoms with Gasteiger partial charge in [-0.1, -0.05) is 35.7 Å². The molecule has 1 aromatic rings. The van der Waals surface area contributed by atoms with Gasteiger partial charge in [-0.2, -0.15) is 0 Å². The molecule has 0 saturated heterocycles. The van der Waals surface area contributed by atoms with E-state index in [-0.39, 0.29) is 0 Å². The van der Waals surface area contributed by atoms with Crippen LogP contribution in [0, 0.1) is 11.8 Å².